The van der Waals surface area contributed by atoms with E-state index < -0.39 is 0 Å². The first kappa shape index (κ1) is 9.93. The zero-order valence-corrected chi connectivity index (χ0v) is 9.04. The summed E-state index contributed by atoms with van der Waals surface area (Å²) in [5, 5.41) is 9.15. The summed E-state index contributed by atoms with van der Waals surface area (Å²) in [5.74, 6) is 0.340. The maximum Gasteiger partial charge on any atom is 0.169 e. The summed E-state index contributed by atoms with van der Waals surface area (Å²) in [4.78, 5) is 12.9. The Morgan fingerprint density at radius 3 is 2.33 bits per heavy atom. The summed E-state index contributed by atoms with van der Waals surface area (Å²) < 4.78 is 0. The SMILES string of the molecule is CC(=O)c1ccc(-c2ccc(O)cc2)s1. The molecule has 0 aliphatic heterocycles. The molecular weight excluding hydrogens is 208 g/mol. The molecule has 76 valence electrons. The third-order valence-electron chi connectivity index (χ3n) is 2.10. The average Bonchev–Trinajstić information content (AvgIpc) is 2.68. The maximum absolute atomic E-state index is 11.1. The number of phenols is 1. The number of phenolic OH excluding ortho intramolecular Hbond substituents is 1. The van der Waals surface area contributed by atoms with Crippen molar-refractivity contribution in [2.45, 2.75) is 6.92 Å². The Morgan fingerprint density at radius 1 is 1.13 bits per heavy atom. The molecule has 2 aromatic rings. The number of carbonyl (C=O) groups is 1. The number of hydrogen-bond acceptors (Lipinski definition) is 3. The lowest BCUT2D eigenvalue weighted by Crippen LogP contribution is -1.83. The standard InChI is InChI=1S/C12H10O2S/c1-8(13)11-6-7-12(15-11)9-2-4-10(14)5-3-9/h2-7,14H,1H3. The van der Waals surface area contributed by atoms with Gasteiger partial charge in [0.05, 0.1) is 4.88 Å². The molecule has 2 rings (SSSR count). The van der Waals surface area contributed by atoms with E-state index in [9.17, 15) is 4.79 Å². The lowest BCUT2D eigenvalue weighted by Gasteiger charge is -1.96. The van der Waals surface area contributed by atoms with Crippen LogP contribution >= 0.6 is 11.3 Å². The highest BCUT2D eigenvalue weighted by Gasteiger charge is 2.05. The molecule has 0 saturated carbocycles. The molecule has 0 aliphatic rings. The first-order valence-corrected chi connectivity index (χ1v) is 5.38. The molecule has 15 heavy (non-hydrogen) atoms. The molecular formula is C12H10O2S. The number of Topliss-reactive ketones (excluding diaryl/α,β-unsaturated/α-hetero) is 1. The van der Waals surface area contributed by atoms with Gasteiger partial charge in [-0.05, 0) is 48.9 Å². The van der Waals surface area contributed by atoms with Gasteiger partial charge in [-0.3, -0.25) is 4.79 Å². The number of aromatic hydroxyl groups is 1. The van der Waals surface area contributed by atoms with Gasteiger partial charge in [0.25, 0.3) is 0 Å². The van der Waals surface area contributed by atoms with Gasteiger partial charge in [-0.25, -0.2) is 0 Å². The van der Waals surface area contributed by atoms with E-state index in [1.54, 1.807) is 19.1 Å². The molecule has 0 spiro atoms. The van der Waals surface area contributed by atoms with E-state index in [4.69, 9.17) is 5.11 Å². The summed E-state index contributed by atoms with van der Waals surface area (Å²) >= 11 is 1.47. The number of benzene rings is 1. The van der Waals surface area contributed by atoms with Gasteiger partial charge in [-0.1, -0.05) is 0 Å². The number of carbonyl (C=O) groups excluding carboxylic acids is 1. The fourth-order valence-electron chi connectivity index (χ4n) is 1.31. The highest BCUT2D eigenvalue weighted by molar-refractivity contribution is 7.17. The van der Waals surface area contributed by atoms with Crippen molar-refractivity contribution in [2.24, 2.45) is 0 Å². The monoisotopic (exact) mass is 218 g/mol. The van der Waals surface area contributed by atoms with Gasteiger partial charge in [0.1, 0.15) is 5.75 Å². The van der Waals surface area contributed by atoms with E-state index in [1.165, 1.54) is 11.3 Å². The second kappa shape index (κ2) is 3.87. The average molecular weight is 218 g/mol. The minimum atomic E-state index is 0.0880. The fraction of sp³-hybridized carbons (Fsp3) is 0.0833. The molecule has 3 heteroatoms. The normalized spacial score (nSPS) is 10.2. The van der Waals surface area contributed by atoms with Crippen LogP contribution in [0.3, 0.4) is 0 Å². The highest BCUT2D eigenvalue weighted by atomic mass is 32.1. The fourth-order valence-corrected chi connectivity index (χ4v) is 2.21. The second-order valence-corrected chi connectivity index (χ2v) is 4.35. The Morgan fingerprint density at radius 2 is 1.80 bits per heavy atom. The molecule has 0 atom stereocenters. The maximum atomic E-state index is 11.1. The highest BCUT2D eigenvalue weighted by Crippen LogP contribution is 2.29. The molecule has 2 nitrogen and oxygen atoms in total. The van der Waals surface area contributed by atoms with Crippen molar-refractivity contribution in [1.82, 2.24) is 0 Å². The Kier molecular flexibility index (Phi) is 2.56. The zero-order chi connectivity index (χ0) is 10.8. The Balaban J connectivity index is 2.37. The van der Waals surface area contributed by atoms with Crippen LogP contribution in [0.15, 0.2) is 36.4 Å². The van der Waals surface area contributed by atoms with E-state index in [-0.39, 0.29) is 11.5 Å². The van der Waals surface area contributed by atoms with E-state index >= 15 is 0 Å². The van der Waals surface area contributed by atoms with Crippen LogP contribution in [0.2, 0.25) is 0 Å². The third kappa shape index (κ3) is 2.07. The van der Waals surface area contributed by atoms with Crippen LogP contribution in [0.1, 0.15) is 16.6 Å². The van der Waals surface area contributed by atoms with Crippen LogP contribution < -0.4 is 0 Å². The molecule has 0 saturated heterocycles. The first-order chi connectivity index (χ1) is 7.16. The summed E-state index contributed by atoms with van der Waals surface area (Å²) in [6.07, 6.45) is 0. The summed E-state index contributed by atoms with van der Waals surface area (Å²) in [7, 11) is 0. The Labute approximate surface area is 91.8 Å². The van der Waals surface area contributed by atoms with Crippen molar-refractivity contribution in [3.8, 4) is 16.2 Å². The predicted molar refractivity (Wildman–Crippen MR) is 61.4 cm³/mol. The number of thiophene rings is 1. The van der Waals surface area contributed by atoms with Crippen molar-refractivity contribution in [2.75, 3.05) is 0 Å². The smallest absolute Gasteiger partial charge is 0.169 e. The lowest BCUT2D eigenvalue weighted by molar-refractivity contribution is 0.102. The molecule has 0 unspecified atom stereocenters. The van der Waals surface area contributed by atoms with Crippen LogP contribution in [-0.4, -0.2) is 10.9 Å². The third-order valence-corrected chi connectivity index (χ3v) is 3.34. The quantitative estimate of drug-likeness (QED) is 0.785. The molecule has 1 heterocycles. The van der Waals surface area contributed by atoms with E-state index in [1.807, 2.05) is 24.3 Å². The van der Waals surface area contributed by atoms with Crippen molar-refractivity contribution in [3.63, 3.8) is 0 Å². The Bertz CT molecular complexity index is 483. The topological polar surface area (TPSA) is 37.3 Å². The van der Waals surface area contributed by atoms with Gasteiger partial charge < -0.3 is 5.11 Å². The van der Waals surface area contributed by atoms with Crippen LogP contribution in [0, 0.1) is 0 Å². The molecule has 0 radical (unpaired) electrons. The van der Waals surface area contributed by atoms with Crippen LogP contribution in [0.4, 0.5) is 0 Å². The molecule has 1 aromatic heterocycles. The lowest BCUT2D eigenvalue weighted by atomic mass is 10.2. The van der Waals surface area contributed by atoms with Gasteiger partial charge >= 0.3 is 0 Å². The van der Waals surface area contributed by atoms with Crippen LogP contribution in [0.5, 0.6) is 5.75 Å². The first-order valence-electron chi connectivity index (χ1n) is 4.57. The van der Waals surface area contributed by atoms with Gasteiger partial charge in [0.15, 0.2) is 5.78 Å². The van der Waals surface area contributed by atoms with Crippen molar-refractivity contribution < 1.29 is 9.90 Å². The molecule has 0 bridgehead atoms. The largest absolute Gasteiger partial charge is 0.508 e. The van der Waals surface area contributed by atoms with Gasteiger partial charge in [-0.2, -0.15) is 0 Å². The minimum Gasteiger partial charge on any atom is -0.508 e. The Hall–Kier alpha value is -1.61. The van der Waals surface area contributed by atoms with E-state index in [0.29, 0.717) is 0 Å². The molecule has 0 fully saturated rings. The second-order valence-electron chi connectivity index (χ2n) is 3.27. The molecule has 1 aromatic carbocycles. The number of hydrogen-bond donors (Lipinski definition) is 1. The van der Waals surface area contributed by atoms with Gasteiger partial charge in [0.2, 0.25) is 0 Å². The van der Waals surface area contributed by atoms with Crippen molar-refractivity contribution in [3.05, 3.63) is 41.3 Å². The van der Waals surface area contributed by atoms with E-state index in [0.717, 1.165) is 15.3 Å². The summed E-state index contributed by atoms with van der Waals surface area (Å²) in [6, 6.07) is 10.7. The zero-order valence-electron chi connectivity index (χ0n) is 8.23. The van der Waals surface area contributed by atoms with Crippen molar-refractivity contribution >= 4 is 17.1 Å². The van der Waals surface area contributed by atoms with Gasteiger partial charge in [-0.15, -0.1) is 11.3 Å². The van der Waals surface area contributed by atoms with Gasteiger partial charge in [0, 0.05) is 4.88 Å². The van der Waals surface area contributed by atoms with E-state index in [2.05, 4.69) is 0 Å². The number of rotatable bonds is 2. The van der Waals surface area contributed by atoms with Crippen molar-refractivity contribution in [1.29, 1.82) is 0 Å². The summed E-state index contributed by atoms with van der Waals surface area (Å²) in [6.45, 7) is 1.56. The number of ketones is 1. The molecule has 0 aliphatic carbocycles. The predicted octanol–water partition coefficient (Wildman–Crippen LogP) is 3.32. The van der Waals surface area contributed by atoms with Crippen LogP contribution in [0.25, 0.3) is 10.4 Å². The molecule has 0 amide bonds. The summed E-state index contributed by atoms with van der Waals surface area (Å²) in [5.41, 5.74) is 1.02. The van der Waals surface area contributed by atoms with Crippen LogP contribution in [-0.2, 0) is 0 Å². The molecule has 1 N–H and O–H groups in total. The minimum absolute atomic E-state index is 0.0880.